The highest BCUT2D eigenvalue weighted by atomic mass is 127. The summed E-state index contributed by atoms with van der Waals surface area (Å²) in [5, 5.41) is 9.86. The smallest absolute Gasteiger partial charge is 0.191 e. The molecule has 2 N–H and O–H groups in total. The van der Waals surface area contributed by atoms with Gasteiger partial charge in [0.05, 0.1) is 17.2 Å². The van der Waals surface area contributed by atoms with Gasteiger partial charge in [-0.3, -0.25) is 0 Å². The highest BCUT2D eigenvalue weighted by molar-refractivity contribution is 14.0. The van der Waals surface area contributed by atoms with Gasteiger partial charge in [0.25, 0.3) is 0 Å². The van der Waals surface area contributed by atoms with Gasteiger partial charge < -0.3 is 15.2 Å². The highest BCUT2D eigenvalue weighted by Gasteiger charge is 2.01. The van der Waals surface area contributed by atoms with Crippen molar-refractivity contribution in [3.63, 3.8) is 0 Å². The van der Waals surface area contributed by atoms with E-state index in [-0.39, 0.29) is 24.0 Å². The number of aliphatic imine (C=N–C) groups is 1. The van der Waals surface area contributed by atoms with Crippen molar-refractivity contribution in [1.29, 1.82) is 0 Å². The summed E-state index contributed by atoms with van der Waals surface area (Å²) in [4.78, 5) is 9.11. The maximum absolute atomic E-state index is 4.58. The maximum Gasteiger partial charge on any atom is 0.191 e. The summed E-state index contributed by atoms with van der Waals surface area (Å²) in [6.45, 7) is 7.44. The SMILES string of the molecule is CCNC(=NCc1csc(CC)n1)NCCn1cccc1.I. The third kappa shape index (κ3) is 6.35. The van der Waals surface area contributed by atoms with Crippen LogP contribution in [0, 0.1) is 0 Å². The van der Waals surface area contributed by atoms with Crippen LogP contribution in [0.2, 0.25) is 0 Å². The van der Waals surface area contributed by atoms with Gasteiger partial charge in [-0.25, -0.2) is 9.98 Å². The lowest BCUT2D eigenvalue weighted by molar-refractivity contribution is 0.665. The number of guanidine groups is 1. The molecule has 22 heavy (non-hydrogen) atoms. The Kier molecular flexibility index (Phi) is 9.14. The predicted molar refractivity (Wildman–Crippen MR) is 104 cm³/mol. The van der Waals surface area contributed by atoms with Crippen LogP contribution in [0.3, 0.4) is 0 Å². The van der Waals surface area contributed by atoms with Crippen LogP contribution in [0.15, 0.2) is 34.9 Å². The minimum absolute atomic E-state index is 0. The number of halogens is 1. The molecule has 0 bridgehead atoms. The van der Waals surface area contributed by atoms with Crippen molar-refractivity contribution in [1.82, 2.24) is 20.2 Å². The van der Waals surface area contributed by atoms with E-state index in [1.54, 1.807) is 11.3 Å². The largest absolute Gasteiger partial charge is 0.357 e. The summed E-state index contributed by atoms with van der Waals surface area (Å²) < 4.78 is 2.14. The number of nitrogens with zero attached hydrogens (tertiary/aromatic N) is 3. The van der Waals surface area contributed by atoms with E-state index in [0.717, 1.165) is 37.7 Å². The highest BCUT2D eigenvalue weighted by Crippen LogP contribution is 2.10. The Balaban J connectivity index is 0.00000242. The summed E-state index contributed by atoms with van der Waals surface area (Å²) in [5.74, 6) is 0.843. The third-order valence-corrected chi connectivity index (χ3v) is 4.02. The van der Waals surface area contributed by atoms with E-state index in [1.165, 1.54) is 5.01 Å². The van der Waals surface area contributed by atoms with Gasteiger partial charge in [0, 0.05) is 37.4 Å². The summed E-state index contributed by atoms with van der Waals surface area (Å²) in [7, 11) is 0. The number of aromatic nitrogens is 2. The van der Waals surface area contributed by atoms with Gasteiger partial charge >= 0.3 is 0 Å². The maximum atomic E-state index is 4.58. The Labute approximate surface area is 153 Å². The Morgan fingerprint density at radius 3 is 2.68 bits per heavy atom. The molecule has 0 aliphatic carbocycles. The molecule has 0 amide bonds. The fourth-order valence-corrected chi connectivity index (χ4v) is 2.64. The summed E-state index contributed by atoms with van der Waals surface area (Å²) in [6.07, 6.45) is 5.12. The summed E-state index contributed by atoms with van der Waals surface area (Å²) in [6, 6.07) is 4.07. The molecule has 2 rings (SSSR count). The summed E-state index contributed by atoms with van der Waals surface area (Å²) in [5.41, 5.74) is 1.04. The molecule has 2 heterocycles. The number of rotatable bonds is 7. The molecular formula is C15H24IN5S. The lowest BCUT2D eigenvalue weighted by Gasteiger charge is -2.11. The molecule has 0 spiro atoms. The first-order valence-electron chi connectivity index (χ1n) is 7.38. The van der Waals surface area contributed by atoms with Crippen LogP contribution in [0.5, 0.6) is 0 Å². The fourth-order valence-electron chi connectivity index (χ4n) is 1.91. The van der Waals surface area contributed by atoms with Gasteiger partial charge in [-0.05, 0) is 25.5 Å². The van der Waals surface area contributed by atoms with E-state index >= 15 is 0 Å². The molecule has 0 saturated carbocycles. The third-order valence-electron chi connectivity index (χ3n) is 2.97. The average Bonchev–Trinajstić information content (AvgIpc) is 3.16. The van der Waals surface area contributed by atoms with Crippen LogP contribution in [0.4, 0.5) is 0 Å². The van der Waals surface area contributed by atoms with Crippen LogP contribution in [0.1, 0.15) is 24.5 Å². The van der Waals surface area contributed by atoms with Gasteiger partial charge in [0.15, 0.2) is 5.96 Å². The van der Waals surface area contributed by atoms with E-state index < -0.39 is 0 Å². The van der Waals surface area contributed by atoms with E-state index in [1.807, 2.05) is 12.1 Å². The van der Waals surface area contributed by atoms with Gasteiger partial charge in [0.1, 0.15) is 0 Å². The molecule has 0 unspecified atom stereocenters. The molecule has 5 nitrogen and oxygen atoms in total. The first-order chi connectivity index (χ1) is 10.3. The molecule has 0 fully saturated rings. The van der Waals surface area contributed by atoms with E-state index in [0.29, 0.717) is 6.54 Å². The first kappa shape index (κ1) is 19.0. The van der Waals surface area contributed by atoms with Gasteiger partial charge in [0.2, 0.25) is 0 Å². The first-order valence-corrected chi connectivity index (χ1v) is 8.26. The van der Waals surface area contributed by atoms with E-state index in [9.17, 15) is 0 Å². The Morgan fingerprint density at radius 1 is 1.27 bits per heavy atom. The van der Waals surface area contributed by atoms with Gasteiger partial charge in [-0.1, -0.05) is 6.92 Å². The number of hydrogen-bond donors (Lipinski definition) is 2. The predicted octanol–water partition coefficient (Wildman–Crippen LogP) is 2.88. The molecule has 0 atom stereocenters. The molecule has 122 valence electrons. The molecule has 2 aromatic rings. The molecule has 0 saturated heterocycles. The van der Waals surface area contributed by atoms with Gasteiger partial charge in [-0.15, -0.1) is 35.3 Å². The van der Waals surface area contributed by atoms with Gasteiger partial charge in [-0.2, -0.15) is 0 Å². The van der Waals surface area contributed by atoms with Crippen LogP contribution >= 0.6 is 35.3 Å². The Morgan fingerprint density at radius 2 is 2.05 bits per heavy atom. The molecular weight excluding hydrogens is 409 g/mol. The second-order valence-electron chi connectivity index (χ2n) is 4.63. The van der Waals surface area contributed by atoms with E-state index in [2.05, 4.69) is 56.8 Å². The fraction of sp³-hybridized carbons (Fsp3) is 0.467. The van der Waals surface area contributed by atoms with Crippen LogP contribution in [-0.2, 0) is 19.5 Å². The molecule has 2 aromatic heterocycles. The minimum Gasteiger partial charge on any atom is -0.357 e. The zero-order valence-electron chi connectivity index (χ0n) is 13.1. The number of aryl methyl sites for hydroxylation is 1. The second-order valence-corrected chi connectivity index (χ2v) is 5.57. The normalized spacial score (nSPS) is 11.1. The lowest BCUT2D eigenvalue weighted by Crippen LogP contribution is -2.38. The van der Waals surface area contributed by atoms with Crippen molar-refractivity contribution < 1.29 is 0 Å². The second kappa shape index (κ2) is 10.6. The Hall–Kier alpha value is -1.09. The van der Waals surface area contributed by atoms with Crippen molar-refractivity contribution in [2.45, 2.75) is 33.4 Å². The van der Waals surface area contributed by atoms with Crippen molar-refractivity contribution >= 4 is 41.3 Å². The molecule has 0 aliphatic rings. The van der Waals surface area contributed by atoms with Crippen molar-refractivity contribution in [3.8, 4) is 0 Å². The van der Waals surface area contributed by atoms with Crippen molar-refractivity contribution in [2.24, 2.45) is 4.99 Å². The zero-order valence-corrected chi connectivity index (χ0v) is 16.2. The molecule has 0 aromatic carbocycles. The van der Waals surface area contributed by atoms with Crippen molar-refractivity contribution in [2.75, 3.05) is 13.1 Å². The minimum atomic E-state index is 0. The number of nitrogens with one attached hydrogen (secondary N) is 2. The molecule has 0 aliphatic heterocycles. The van der Waals surface area contributed by atoms with Crippen LogP contribution in [0.25, 0.3) is 0 Å². The number of thiazole rings is 1. The van der Waals surface area contributed by atoms with Crippen molar-refractivity contribution in [3.05, 3.63) is 40.6 Å². The standard InChI is InChI=1S/C15H23N5S.HI/c1-3-14-19-13(12-21-14)11-18-15(16-4-2)17-7-10-20-8-5-6-9-20;/h5-6,8-9,12H,3-4,7,10-11H2,1-2H3,(H2,16,17,18);1H. The molecule has 7 heteroatoms. The van der Waals surface area contributed by atoms with Crippen LogP contribution < -0.4 is 10.6 Å². The van der Waals surface area contributed by atoms with Crippen LogP contribution in [-0.4, -0.2) is 28.6 Å². The quantitative estimate of drug-likeness (QED) is 0.401. The topological polar surface area (TPSA) is 54.2 Å². The molecule has 0 radical (unpaired) electrons. The summed E-state index contributed by atoms with van der Waals surface area (Å²) >= 11 is 1.71. The Bertz CT molecular complexity index is 550. The lowest BCUT2D eigenvalue weighted by atomic mass is 10.4. The zero-order chi connectivity index (χ0) is 14.9. The number of hydrogen-bond acceptors (Lipinski definition) is 3. The average molecular weight is 433 g/mol. The van der Waals surface area contributed by atoms with E-state index in [4.69, 9.17) is 0 Å². The monoisotopic (exact) mass is 433 g/mol.